The highest BCUT2D eigenvalue weighted by Gasteiger charge is 2.42. The predicted molar refractivity (Wildman–Crippen MR) is 108 cm³/mol. The summed E-state index contributed by atoms with van der Waals surface area (Å²) in [6.07, 6.45) is 2.05. The van der Waals surface area contributed by atoms with Crippen molar-refractivity contribution in [3.8, 4) is 11.3 Å². The first-order valence-corrected chi connectivity index (χ1v) is 9.81. The van der Waals surface area contributed by atoms with E-state index in [1.54, 1.807) is 24.3 Å². The van der Waals surface area contributed by atoms with Crippen LogP contribution in [0.4, 0.5) is 4.39 Å². The van der Waals surface area contributed by atoms with Gasteiger partial charge in [-0.05, 0) is 73.0 Å². The Morgan fingerprint density at radius 1 is 1.00 bits per heavy atom. The summed E-state index contributed by atoms with van der Waals surface area (Å²) < 4.78 is 13.5. The lowest BCUT2D eigenvalue weighted by Crippen LogP contribution is -2.39. The highest BCUT2D eigenvalue weighted by Crippen LogP contribution is 2.46. The molecule has 0 spiro atoms. The first-order chi connectivity index (χ1) is 14.0. The number of hydrogen-bond donors (Lipinski definition) is 1. The maximum absolute atomic E-state index is 13.5. The molecular formula is C23H21FN4O. The Kier molecular flexibility index (Phi) is 4.17. The maximum atomic E-state index is 13.5. The molecule has 1 fully saturated rings. The van der Waals surface area contributed by atoms with Crippen molar-refractivity contribution in [3.05, 3.63) is 82.8 Å². The topological polar surface area (TPSA) is 72.1 Å². The largest absolute Gasteiger partial charge is 0.364 e. The molecule has 4 heterocycles. The van der Waals surface area contributed by atoms with E-state index in [1.165, 1.54) is 16.7 Å². The number of nitrogens with zero attached hydrogens (tertiary/aromatic N) is 3. The molecule has 29 heavy (non-hydrogen) atoms. The van der Waals surface area contributed by atoms with Crippen LogP contribution in [0.1, 0.15) is 40.0 Å². The average molecular weight is 388 g/mol. The third-order valence-corrected chi connectivity index (χ3v) is 6.33. The third-order valence-electron chi connectivity index (χ3n) is 6.33. The number of carbonyl (C=O) groups is 1. The minimum atomic E-state index is -0.586. The van der Waals surface area contributed by atoms with E-state index in [4.69, 9.17) is 5.73 Å². The van der Waals surface area contributed by atoms with E-state index < -0.39 is 5.91 Å². The van der Waals surface area contributed by atoms with Crippen molar-refractivity contribution in [2.75, 3.05) is 13.1 Å². The van der Waals surface area contributed by atoms with E-state index in [2.05, 4.69) is 33.3 Å². The fraction of sp³-hybridized carbons (Fsp3) is 0.261. The van der Waals surface area contributed by atoms with Crippen molar-refractivity contribution in [2.45, 2.75) is 24.8 Å². The second kappa shape index (κ2) is 6.74. The molecule has 0 atom stereocenters. The SMILES string of the molecule is NC(=O)c1ccc(-c2ccc3c(c2)CN2CCC3(c3ccc(F)cc3)CC2)nn1. The predicted octanol–water partition coefficient (Wildman–Crippen LogP) is 3.28. The van der Waals surface area contributed by atoms with Gasteiger partial charge in [-0.3, -0.25) is 9.69 Å². The summed E-state index contributed by atoms with van der Waals surface area (Å²) in [5, 5.41) is 8.10. The minimum absolute atomic E-state index is 0.0872. The highest BCUT2D eigenvalue weighted by atomic mass is 19.1. The Morgan fingerprint density at radius 3 is 2.41 bits per heavy atom. The molecule has 6 heteroatoms. The number of halogens is 1. The molecule has 2 bridgehead atoms. The lowest BCUT2D eigenvalue weighted by molar-refractivity contribution is 0.0994. The molecule has 146 valence electrons. The lowest BCUT2D eigenvalue weighted by Gasteiger charge is -2.39. The molecule has 3 aliphatic rings. The quantitative estimate of drug-likeness (QED) is 0.747. The second-order valence-corrected chi connectivity index (χ2v) is 7.91. The normalized spacial score (nSPS) is 22.7. The number of aromatic nitrogens is 2. The molecule has 1 amide bonds. The first kappa shape index (κ1) is 17.9. The van der Waals surface area contributed by atoms with Gasteiger partial charge in [-0.15, -0.1) is 10.2 Å². The Bertz CT molecular complexity index is 1070. The zero-order valence-corrected chi connectivity index (χ0v) is 15.9. The molecule has 3 aromatic rings. The highest BCUT2D eigenvalue weighted by molar-refractivity contribution is 5.90. The standard InChI is InChI=1S/C23H21FN4O/c24-18-4-2-17(3-5-18)23-9-11-28(12-10-23)14-16-13-15(1-6-19(16)23)20-7-8-21(22(25)29)27-26-20/h1-8,13H,9-12,14H2,(H2,25,29). The zero-order valence-electron chi connectivity index (χ0n) is 15.9. The lowest BCUT2D eigenvalue weighted by atomic mass is 9.68. The van der Waals surface area contributed by atoms with Gasteiger partial charge in [0.2, 0.25) is 0 Å². The van der Waals surface area contributed by atoms with Gasteiger partial charge in [0.15, 0.2) is 5.69 Å². The van der Waals surface area contributed by atoms with E-state index in [9.17, 15) is 9.18 Å². The van der Waals surface area contributed by atoms with E-state index in [0.717, 1.165) is 38.0 Å². The van der Waals surface area contributed by atoms with Gasteiger partial charge in [0.25, 0.3) is 5.91 Å². The number of fused-ring (bicyclic) bond motifs is 2. The number of carbonyl (C=O) groups excluding carboxylic acids is 1. The van der Waals surface area contributed by atoms with Crippen LogP contribution in [0.5, 0.6) is 0 Å². The number of rotatable bonds is 3. The van der Waals surface area contributed by atoms with Crippen molar-refractivity contribution in [2.24, 2.45) is 5.73 Å². The number of hydrogen-bond acceptors (Lipinski definition) is 4. The smallest absolute Gasteiger partial charge is 0.269 e. The van der Waals surface area contributed by atoms with Gasteiger partial charge in [-0.1, -0.05) is 24.3 Å². The zero-order chi connectivity index (χ0) is 20.0. The number of piperidine rings is 1. The van der Waals surface area contributed by atoms with Crippen LogP contribution in [0.3, 0.4) is 0 Å². The van der Waals surface area contributed by atoms with Gasteiger partial charge in [0, 0.05) is 17.5 Å². The molecule has 0 saturated carbocycles. The maximum Gasteiger partial charge on any atom is 0.269 e. The van der Waals surface area contributed by atoms with Gasteiger partial charge in [0.05, 0.1) is 5.69 Å². The van der Waals surface area contributed by atoms with Gasteiger partial charge in [-0.2, -0.15) is 0 Å². The van der Waals surface area contributed by atoms with E-state index in [-0.39, 0.29) is 16.9 Å². The molecule has 2 aromatic carbocycles. The molecule has 1 aromatic heterocycles. The van der Waals surface area contributed by atoms with Crippen molar-refractivity contribution in [1.29, 1.82) is 0 Å². The Balaban J connectivity index is 1.60. The molecule has 2 N–H and O–H groups in total. The van der Waals surface area contributed by atoms with Gasteiger partial charge < -0.3 is 5.73 Å². The van der Waals surface area contributed by atoms with Gasteiger partial charge in [0.1, 0.15) is 5.82 Å². The second-order valence-electron chi connectivity index (χ2n) is 7.91. The Morgan fingerprint density at radius 2 is 1.76 bits per heavy atom. The third kappa shape index (κ3) is 3.00. The molecule has 5 nitrogen and oxygen atoms in total. The summed E-state index contributed by atoms with van der Waals surface area (Å²) in [5.74, 6) is -0.790. The molecule has 0 aliphatic carbocycles. The summed E-state index contributed by atoms with van der Waals surface area (Å²) in [6, 6.07) is 16.8. The van der Waals surface area contributed by atoms with Crippen LogP contribution in [0.2, 0.25) is 0 Å². The molecule has 0 radical (unpaired) electrons. The number of benzene rings is 2. The fourth-order valence-electron chi connectivity index (χ4n) is 4.78. The van der Waals surface area contributed by atoms with Crippen LogP contribution >= 0.6 is 0 Å². The molecule has 6 rings (SSSR count). The Labute approximate surface area is 168 Å². The van der Waals surface area contributed by atoms with E-state index >= 15 is 0 Å². The molecule has 0 unspecified atom stereocenters. The Hall–Kier alpha value is -3.12. The van der Waals surface area contributed by atoms with Crippen LogP contribution < -0.4 is 5.73 Å². The summed E-state index contributed by atoms with van der Waals surface area (Å²) in [6.45, 7) is 2.93. The summed E-state index contributed by atoms with van der Waals surface area (Å²) >= 11 is 0. The molecule has 1 saturated heterocycles. The monoisotopic (exact) mass is 388 g/mol. The average Bonchev–Trinajstić information content (AvgIpc) is 3.00. The minimum Gasteiger partial charge on any atom is -0.364 e. The van der Waals surface area contributed by atoms with Crippen LogP contribution in [0, 0.1) is 5.82 Å². The molecular weight excluding hydrogens is 367 g/mol. The van der Waals surface area contributed by atoms with E-state index in [1.807, 2.05) is 12.1 Å². The van der Waals surface area contributed by atoms with Crippen molar-refractivity contribution in [3.63, 3.8) is 0 Å². The summed E-state index contributed by atoms with van der Waals surface area (Å²) in [4.78, 5) is 13.7. The summed E-state index contributed by atoms with van der Waals surface area (Å²) in [5.41, 5.74) is 10.8. The van der Waals surface area contributed by atoms with Crippen LogP contribution in [-0.2, 0) is 12.0 Å². The van der Waals surface area contributed by atoms with Crippen LogP contribution in [0.15, 0.2) is 54.6 Å². The fourth-order valence-corrected chi connectivity index (χ4v) is 4.78. The number of amides is 1. The van der Waals surface area contributed by atoms with Gasteiger partial charge >= 0.3 is 0 Å². The number of nitrogens with two attached hydrogens (primary N) is 1. The molecule has 3 aliphatic heterocycles. The van der Waals surface area contributed by atoms with Crippen molar-refractivity contribution in [1.82, 2.24) is 15.1 Å². The van der Waals surface area contributed by atoms with Gasteiger partial charge in [-0.25, -0.2) is 4.39 Å². The summed E-state index contributed by atoms with van der Waals surface area (Å²) in [7, 11) is 0. The van der Waals surface area contributed by atoms with Crippen molar-refractivity contribution >= 4 is 5.91 Å². The van der Waals surface area contributed by atoms with E-state index in [0.29, 0.717) is 5.69 Å². The van der Waals surface area contributed by atoms with Crippen LogP contribution in [-0.4, -0.2) is 34.1 Å². The first-order valence-electron chi connectivity index (χ1n) is 9.81. The van der Waals surface area contributed by atoms with Crippen molar-refractivity contribution < 1.29 is 9.18 Å². The van der Waals surface area contributed by atoms with Crippen LogP contribution in [0.25, 0.3) is 11.3 Å². The number of primary amides is 1.